The Labute approximate surface area is 84.5 Å². The average molecular weight is 192 g/mol. The minimum absolute atomic E-state index is 0.291. The first-order valence-electron chi connectivity index (χ1n) is 5.04. The fourth-order valence-corrected chi connectivity index (χ4v) is 1.80. The van der Waals surface area contributed by atoms with Crippen molar-refractivity contribution >= 4 is 0 Å². The fourth-order valence-electron chi connectivity index (χ4n) is 1.80. The van der Waals surface area contributed by atoms with E-state index in [9.17, 15) is 5.11 Å². The second-order valence-electron chi connectivity index (χ2n) is 4.38. The standard InChI is InChI=1S/C12H16O2/c1-4-8-5-6-10-9(7-8)12(2,3)11(13)14-10/h5-7,11,13H,4H2,1-3H3. The van der Waals surface area contributed by atoms with Crippen LogP contribution in [0.15, 0.2) is 18.2 Å². The summed E-state index contributed by atoms with van der Waals surface area (Å²) in [6.07, 6.45) is 0.295. The number of aliphatic hydroxyl groups excluding tert-OH is 1. The van der Waals surface area contributed by atoms with Gasteiger partial charge in [0.25, 0.3) is 0 Å². The Balaban J connectivity index is 2.51. The van der Waals surface area contributed by atoms with Crippen LogP contribution in [0.5, 0.6) is 5.75 Å². The van der Waals surface area contributed by atoms with E-state index in [1.807, 2.05) is 26.0 Å². The van der Waals surface area contributed by atoms with Crippen molar-refractivity contribution in [3.8, 4) is 5.75 Å². The van der Waals surface area contributed by atoms with Crippen LogP contribution in [0, 0.1) is 0 Å². The molecule has 1 aliphatic rings. The van der Waals surface area contributed by atoms with E-state index in [-0.39, 0.29) is 5.41 Å². The van der Waals surface area contributed by atoms with Gasteiger partial charge >= 0.3 is 0 Å². The van der Waals surface area contributed by atoms with Crippen LogP contribution in [0.1, 0.15) is 31.9 Å². The van der Waals surface area contributed by atoms with Gasteiger partial charge in [-0.1, -0.05) is 19.1 Å². The molecule has 0 fully saturated rings. The van der Waals surface area contributed by atoms with Gasteiger partial charge in [0.15, 0.2) is 0 Å². The van der Waals surface area contributed by atoms with Crippen molar-refractivity contribution in [3.63, 3.8) is 0 Å². The van der Waals surface area contributed by atoms with Crippen LogP contribution >= 0.6 is 0 Å². The average Bonchev–Trinajstić information content (AvgIpc) is 2.38. The summed E-state index contributed by atoms with van der Waals surface area (Å²) in [4.78, 5) is 0. The van der Waals surface area contributed by atoms with Crippen molar-refractivity contribution in [2.75, 3.05) is 0 Å². The van der Waals surface area contributed by atoms with Gasteiger partial charge in [-0.2, -0.15) is 0 Å². The smallest absolute Gasteiger partial charge is 0.206 e. The number of aliphatic hydroxyl groups is 1. The van der Waals surface area contributed by atoms with Crippen LogP contribution in [-0.2, 0) is 11.8 Å². The summed E-state index contributed by atoms with van der Waals surface area (Å²) in [5.41, 5.74) is 2.11. The van der Waals surface area contributed by atoms with Crippen molar-refractivity contribution in [1.82, 2.24) is 0 Å². The maximum atomic E-state index is 9.72. The highest BCUT2D eigenvalue weighted by molar-refractivity contribution is 5.45. The lowest BCUT2D eigenvalue weighted by molar-refractivity contribution is -0.0450. The quantitative estimate of drug-likeness (QED) is 0.739. The predicted octanol–water partition coefficient (Wildman–Crippen LogP) is 2.24. The van der Waals surface area contributed by atoms with E-state index < -0.39 is 6.29 Å². The molecule has 1 unspecified atom stereocenters. The zero-order chi connectivity index (χ0) is 10.3. The van der Waals surface area contributed by atoms with Crippen molar-refractivity contribution in [1.29, 1.82) is 0 Å². The lowest BCUT2D eigenvalue weighted by Gasteiger charge is -2.20. The van der Waals surface area contributed by atoms with Gasteiger partial charge in [-0.25, -0.2) is 0 Å². The molecule has 1 N–H and O–H groups in total. The number of benzene rings is 1. The third kappa shape index (κ3) is 1.22. The molecule has 0 saturated carbocycles. The van der Waals surface area contributed by atoms with E-state index in [4.69, 9.17) is 4.74 Å². The fraction of sp³-hybridized carbons (Fsp3) is 0.500. The monoisotopic (exact) mass is 192 g/mol. The summed E-state index contributed by atoms with van der Waals surface area (Å²) in [7, 11) is 0. The number of hydrogen-bond donors (Lipinski definition) is 1. The minimum atomic E-state index is -0.718. The van der Waals surface area contributed by atoms with E-state index in [1.54, 1.807) is 0 Å². The molecular weight excluding hydrogens is 176 g/mol. The van der Waals surface area contributed by atoms with Crippen LogP contribution < -0.4 is 4.74 Å². The Kier molecular flexibility index (Phi) is 2.04. The van der Waals surface area contributed by atoms with Gasteiger partial charge in [-0.3, -0.25) is 0 Å². The summed E-state index contributed by atoms with van der Waals surface area (Å²) < 4.78 is 5.38. The second-order valence-corrected chi connectivity index (χ2v) is 4.38. The predicted molar refractivity (Wildman–Crippen MR) is 55.5 cm³/mol. The van der Waals surface area contributed by atoms with E-state index >= 15 is 0 Å². The van der Waals surface area contributed by atoms with Gasteiger partial charge in [0.1, 0.15) is 5.75 Å². The Morgan fingerprint density at radius 2 is 2.14 bits per heavy atom. The molecular formula is C12H16O2. The topological polar surface area (TPSA) is 29.5 Å². The molecule has 0 saturated heterocycles. The Morgan fingerprint density at radius 1 is 1.43 bits per heavy atom. The molecule has 1 atom stereocenters. The first-order chi connectivity index (χ1) is 6.55. The molecule has 14 heavy (non-hydrogen) atoms. The van der Waals surface area contributed by atoms with Gasteiger partial charge in [0.2, 0.25) is 6.29 Å². The number of hydrogen-bond acceptors (Lipinski definition) is 2. The molecule has 1 aliphatic heterocycles. The third-order valence-electron chi connectivity index (χ3n) is 3.00. The molecule has 76 valence electrons. The maximum absolute atomic E-state index is 9.72. The molecule has 0 aliphatic carbocycles. The molecule has 1 aromatic carbocycles. The molecule has 2 rings (SSSR count). The second kappa shape index (κ2) is 2.99. The SMILES string of the molecule is CCc1ccc2c(c1)C(C)(C)C(O)O2. The summed E-state index contributed by atoms with van der Waals surface area (Å²) in [5, 5.41) is 9.72. The highest BCUT2D eigenvalue weighted by Gasteiger charge is 2.40. The van der Waals surface area contributed by atoms with Crippen LogP contribution in [0.25, 0.3) is 0 Å². The van der Waals surface area contributed by atoms with Gasteiger partial charge in [-0.05, 0) is 31.9 Å². The van der Waals surface area contributed by atoms with Crippen molar-refractivity contribution in [3.05, 3.63) is 29.3 Å². The third-order valence-corrected chi connectivity index (χ3v) is 3.00. The van der Waals surface area contributed by atoms with Crippen LogP contribution in [0.3, 0.4) is 0 Å². The number of aryl methyl sites for hydroxylation is 1. The molecule has 0 bridgehead atoms. The molecule has 0 radical (unpaired) electrons. The molecule has 2 nitrogen and oxygen atoms in total. The van der Waals surface area contributed by atoms with Gasteiger partial charge in [0.05, 0.1) is 5.41 Å². The molecule has 0 aromatic heterocycles. The van der Waals surface area contributed by atoms with Crippen LogP contribution in [-0.4, -0.2) is 11.4 Å². The number of fused-ring (bicyclic) bond motifs is 1. The molecule has 1 aromatic rings. The van der Waals surface area contributed by atoms with Gasteiger partial charge in [0, 0.05) is 5.56 Å². The van der Waals surface area contributed by atoms with Crippen molar-refractivity contribution in [2.45, 2.75) is 38.9 Å². The number of ether oxygens (including phenoxy) is 1. The highest BCUT2D eigenvalue weighted by Crippen LogP contribution is 2.42. The highest BCUT2D eigenvalue weighted by atomic mass is 16.6. The van der Waals surface area contributed by atoms with E-state index in [2.05, 4.69) is 13.0 Å². The van der Waals surface area contributed by atoms with Crippen LogP contribution in [0.4, 0.5) is 0 Å². The van der Waals surface area contributed by atoms with E-state index in [0.717, 1.165) is 17.7 Å². The summed E-state index contributed by atoms with van der Waals surface area (Å²) in [6.45, 7) is 6.13. The van der Waals surface area contributed by atoms with Crippen molar-refractivity contribution in [2.24, 2.45) is 0 Å². The first-order valence-corrected chi connectivity index (χ1v) is 5.04. The first kappa shape index (κ1) is 9.53. The van der Waals surface area contributed by atoms with E-state index in [0.29, 0.717) is 0 Å². The van der Waals surface area contributed by atoms with E-state index in [1.165, 1.54) is 5.56 Å². The molecule has 2 heteroatoms. The lowest BCUT2D eigenvalue weighted by Crippen LogP contribution is -2.31. The number of rotatable bonds is 1. The molecule has 1 heterocycles. The van der Waals surface area contributed by atoms with Crippen molar-refractivity contribution < 1.29 is 9.84 Å². The zero-order valence-corrected chi connectivity index (χ0v) is 8.87. The Morgan fingerprint density at radius 3 is 2.79 bits per heavy atom. The minimum Gasteiger partial charge on any atom is -0.464 e. The normalized spacial score (nSPS) is 23.0. The largest absolute Gasteiger partial charge is 0.464 e. The summed E-state index contributed by atoms with van der Waals surface area (Å²) >= 11 is 0. The zero-order valence-electron chi connectivity index (χ0n) is 8.87. The maximum Gasteiger partial charge on any atom is 0.206 e. The summed E-state index contributed by atoms with van der Waals surface area (Å²) in [5.74, 6) is 0.819. The van der Waals surface area contributed by atoms with Crippen LogP contribution in [0.2, 0.25) is 0 Å². The molecule has 0 amide bonds. The summed E-state index contributed by atoms with van der Waals surface area (Å²) in [6, 6.07) is 6.13. The molecule has 0 spiro atoms. The van der Waals surface area contributed by atoms with Gasteiger partial charge < -0.3 is 9.84 Å². The lowest BCUT2D eigenvalue weighted by atomic mass is 9.84. The Bertz CT molecular complexity index is 355. The van der Waals surface area contributed by atoms with Gasteiger partial charge in [-0.15, -0.1) is 0 Å². The Hall–Kier alpha value is -1.02.